The molecule has 2 aromatic rings. The number of allylic oxidation sites excluding steroid dienone is 1. The molecule has 0 saturated carbocycles. The number of aromatic nitrogens is 1. The summed E-state index contributed by atoms with van der Waals surface area (Å²) in [6, 6.07) is 7.08. The molecule has 0 amide bonds. The fraction of sp³-hybridized carbons (Fsp3) is 0.125. The van der Waals surface area contributed by atoms with Crippen molar-refractivity contribution in [2.75, 3.05) is 0 Å². The maximum absolute atomic E-state index is 11.8. The van der Waals surface area contributed by atoms with Crippen LogP contribution < -0.4 is 0 Å². The van der Waals surface area contributed by atoms with Gasteiger partial charge < -0.3 is 10.2 Å². The number of aliphatic hydroxyl groups is 1. The molecular formula is C16H13NO5S. The maximum Gasteiger partial charge on any atom is 0.371 e. The maximum atomic E-state index is 11.8. The summed E-state index contributed by atoms with van der Waals surface area (Å²) in [6.07, 6.45) is 1.11. The average Bonchev–Trinajstić information content (AvgIpc) is 2.96. The zero-order valence-corrected chi connectivity index (χ0v) is 13.0. The second kappa shape index (κ2) is 6.97. The van der Waals surface area contributed by atoms with Crippen molar-refractivity contribution in [2.45, 2.75) is 13.3 Å². The highest BCUT2D eigenvalue weighted by Gasteiger charge is 2.13. The smallest absolute Gasteiger partial charge is 0.371 e. The average molecular weight is 331 g/mol. The van der Waals surface area contributed by atoms with Crippen molar-refractivity contribution in [1.82, 2.24) is 4.98 Å². The van der Waals surface area contributed by atoms with Gasteiger partial charge in [0.05, 0.1) is 5.69 Å². The number of ketones is 2. The predicted octanol–water partition coefficient (Wildman–Crippen LogP) is 2.65. The number of thiazole rings is 1. The number of carboxylic acid groups (broad SMARTS) is 1. The van der Waals surface area contributed by atoms with Crippen LogP contribution >= 0.6 is 11.3 Å². The number of Topliss-reactive ketones (excluding diaryl/α,β-unsaturated/α-hetero) is 1. The van der Waals surface area contributed by atoms with E-state index in [1.54, 1.807) is 17.5 Å². The molecule has 0 saturated heterocycles. The molecule has 0 spiro atoms. The van der Waals surface area contributed by atoms with Crippen LogP contribution in [0.5, 0.6) is 0 Å². The first-order valence-corrected chi connectivity index (χ1v) is 7.47. The lowest BCUT2D eigenvalue weighted by Crippen LogP contribution is -2.04. The Labute approximate surface area is 135 Å². The second-order valence-electron chi connectivity index (χ2n) is 4.77. The number of aliphatic carboxylic acids is 1. The lowest BCUT2D eigenvalue weighted by atomic mass is 10.1. The molecule has 2 rings (SSSR count). The van der Waals surface area contributed by atoms with Gasteiger partial charge in [0.25, 0.3) is 0 Å². The van der Waals surface area contributed by atoms with E-state index in [-0.39, 0.29) is 10.8 Å². The molecule has 0 aliphatic heterocycles. The summed E-state index contributed by atoms with van der Waals surface area (Å²) in [7, 11) is 0. The number of nitrogens with zero attached hydrogens (tertiary/aromatic N) is 1. The minimum absolute atomic E-state index is 0.0110. The van der Waals surface area contributed by atoms with Gasteiger partial charge in [-0.15, -0.1) is 11.3 Å². The van der Waals surface area contributed by atoms with E-state index in [1.165, 1.54) is 6.92 Å². The topological polar surface area (TPSA) is 105 Å². The largest absolute Gasteiger partial charge is 0.502 e. The van der Waals surface area contributed by atoms with Crippen LogP contribution in [0, 0.1) is 0 Å². The Kier molecular flexibility index (Phi) is 5.02. The lowest BCUT2D eigenvalue weighted by Gasteiger charge is -2.00. The summed E-state index contributed by atoms with van der Waals surface area (Å²) in [5.74, 6) is -3.26. The highest BCUT2D eigenvalue weighted by atomic mass is 32.1. The molecule has 23 heavy (non-hydrogen) atoms. The van der Waals surface area contributed by atoms with E-state index in [2.05, 4.69) is 4.98 Å². The minimum Gasteiger partial charge on any atom is -0.502 e. The molecule has 118 valence electrons. The molecule has 0 aliphatic carbocycles. The fourth-order valence-electron chi connectivity index (χ4n) is 1.82. The van der Waals surface area contributed by atoms with E-state index < -0.39 is 17.5 Å². The molecule has 6 nitrogen and oxygen atoms in total. The normalized spacial score (nSPS) is 11.3. The van der Waals surface area contributed by atoms with Crippen molar-refractivity contribution >= 4 is 28.9 Å². The van der Waals surface area contributed by atoms with Gasteiger partial charge in [0.2, 0.25) is 11.5 Å². The first-order valence-electron chi connectivity index (χ1n) is 6.59. The summed E-state index contributed by atoms with van der Waals surface area (Å²) < 4.78 is 0. The Balaban J connectivity index is 2.10. The Morgan fingerprint density at radius 2 is 1.83 bits per heavy atom. The molecule has 1 aromatic carbocycles. The van der Waals surface area contributed by atoms with Crippen LogP contribution in [-0.4, -0.2) is 32.7 Å². The standard InChI is InChI=1S/C16H13NO5S/c1-9(18)11-4-2-10(3-5-11)6-12-8-23-15(17-12)13(19)7-14(20)16(21)22/h2-5,7-8,20H,6H2,1H3,(H,21,22)/b14-7-. The zero-order valence-electron chi connectivity index (χ0n) is 12.1. The third kappa shape index (κ3) is 4.33. The molecular weight excluding hydrogens is 318 g/mol. The van der Waals surface area contributed by atoms with Crippen molar-refractivity contribution in [3.8, 4) is 0 Å². The molecule has 1 aromatic heterocycles. The Bertz CT molecular complexity index is 789. The minimum atomic E-state index is -1.57. The van der Waals surface area contributed by atoms with Gasteiger partial charge in [-0.25, -0.2) is 9.78 Å². The van der Waals surface area contributed by atoms with E-state index in [0.29, 0.717) is 23.8 Å². The van der Waals surface area contributed by atoms with Gasteiger partial charge in [0.15, 0.2) is 10.8 Å². The highest BCUT2D eigenvalue weighted by molar-refractivity contribution is 7.11. The van der Waals surface area contributed by atoms with Gasteiger partial charge in [-0.3, -0.25) is 9.59 Å². The molecule has 0 radical (unpaired) electrons. The number of benzene rings is 1. The third-order valence-corrected chi connectivity index (χ3v) is 3.90. The predicted molar refractivity (Wildman–Crippen MR) is 84.0 cm³/mol. The first-order chi connectivity index (χ1) is 10.9. The number of carbonyl (C=O) groups excluding carboxylic acids is 2. The van der Waals surface area contributed by atoms with Crippen LogP contribution in [-0.2, 0) is 11.2 Å². The van der Waals surface area contributed by atoms with Gasteiger partial charge in [0, 0.05) is 23.4 Å². The monoisotopic (exact) mass is 331 g/mol. The van der Waals surface area contributed by atoms with Crippen LogP contribution in [0.2, 0.25) is 0 Å². The van der Waals surface area contributed by atoms with Gasteiger partial charge >= 0.3 is 5.97 Å². The molecule has 0 aliphatic rings. The molecule has 0 unspecified atom stereocenters. The van der Waals surface area contributed by atoms with Crippen molar-refractivity contribution in [3.05, 3.63) is 63.3 Å². The third-order valence-electron chi connectivity index (χ3n) is 3.00. The Morgan fingerprint density at radius 3 is 2.39 bits per heavy atom. The highest BCUT2D eigenvalue weighted by Crippen LogP contribution is 2.16. The number of hydrogen-bond donors (Lipinski definition) is 2. The Hall–Kier alpha value is -2.80. The fourth-order valence-corrected chi connectivity index (χ4v) is 2.54. The van der Waals surface area contributed by atoms with Gasteiger partial charge in [-0.1, -0.05) is 24.3 Å². The van der Waals surface area contributed by atoms with E-state index >= 15 is 0 Å². The second-order valence-corrected chi connectivity index (χ2v) is 5.63. The summed E-state index contributed by atoms with van der Waals surface area (Å²) in [5, 5.41) is 19.4. The van der Waals surface area contributed by atoms with E-state index in [4.69, 9.17) is 10.2 Å². The van der Waals surface area contributed by atoms with Crippen LogP contribution in [0.1, 0.15) is 38.3 Å². The van der Waals surface area contributed by atoms with E-state index in [1.807, 2.05) is 12.1 Å². The SMILES string of the molecule is CC(=O)c1ccc(Cc2csc(C(=O)/C=C(\O)C(=O)O)n2)cc1. The number of carbonyl (C=O) groups is 3. The van der Waals surface area contributed by atoms with Crippen molar-refractivity contribution in [3.63, 3.8) is 0 Å². The number of aliphatic hydroxyl groups excluding tert-OH is 1. The summed E-state index contributed by atoms with van der Waals surface area (Å²) in [4.78, 5) is 37.6. The van der Waals surface area contributed by atoms with Crippen molar-refractivity contribution in [1.29, 1.82) is 0 Å². The quantitative estimate of drug-likeness (QED) is 0.479. The van der Waals surface area contributed by atoms with Crippen LogP contribution in [0.25, 0.3) is 0 Å². The number of carboxylic acids is 1. The first kappa shape index (κ1) is 16.6. The Morgan fingerprint density at radius 1 is 1.17 bits per heavy atom. The molecule has 0 atom stereocenters. The molecule has 0 bridgehead atoms. The molecule has 1 heterocycles. The van der Waals surface area contributed by atoms with Crippen LogP contribution in [0.15, 0.2) is 41.5 Å². The molecule has 7 heteroatoms. The zero-order chi connectivity index (χ0) is 17.0. The summed E-state index contributed by atoms with van der Waals surface area (Å²) in [6.45, 7) is 1.49. The van der Waals surface area contributed by atoms with Crippen molar-refractivity contribution < 1.29 is 24.6 Å². The van der Waals surface area contributed by atoms with Gasteiger partial charge in [-0.2, -0.15) is 0 Å². The van der Waals surface area contributed by atoms with Gasteiger partial charge in [0.1, 0.15) is 0 Å². The van der Waals surface area contributed by atoms with Crippen LogP contribution in [0.4, 0.5) is 0 Å². The number of hydrogen-bond acceptors (Lipinski definition) is 6. The molecule has 0 fully saturated rings. The van der Waals surface area contributed by atoms with E-state index in [9.17, 15) is 14.4 Å². The molecule has 2 N–H and O–H groups in total. The number of rotatable bonds is 6. The summed E-state index contributed by atoms with van der Waals surface area (Å²) >= 11 is 1.08. The lowest BCUT2D eigenvalue weighted by molar-refractivity contribution is -0.135. The van der Waals surface area contributed by atoms with Crippen LogP contribution in [0.3, 0.4) is 0 Å². The van der Waals surface area contributed by atoms with E-state index in [0.717, 1.165) is 16.9 Å². The van der Waals surface area contributed by atoms with Gasteiger partial charge in [-0.05, 0) is 12.5 Å². The van der Waals surface area contributed by atoms with Crippen molar-refractivity contribution in [2.24, 2.45) is 0 Å². The summed E-state index contributed by atoms with van der Waals surface area (Å²) in [5.41, 5.74) is 2.21.